The Kier molecular flexibility index (Phi) is 133. The predicted molar refractivity (Wildman–Crippen MR) is 20.7 cm³/mol. The average molecular weight is 199 g/mol. The molecule has 0 heterocycles. The molecule has 0 unspecified atom stereocenters. The molecule has 0 aromatic rings. The van der Waals surface area contributed by atoms with Gasteiger partial charge in [-0.3, -0.25) is 0 Å². The van der Waals surface area contributed by atoms with Crippen molar-refractivity contribution in [2.24, 2.45) is 0 Å². The van der Waals surface area contributed by atoms with Crippen LogP contribution in [0.3, 0.4) is 0 Å². The second-order valence-corrected chi connectivity index (χ2v) is 1.06. The van der Waals surface area contributed by atoms with Crippen molar-refractivity contribution in [2.45, 2.75) is 6.92 Å². The minimum absolute atomic E-state index is 0. The van der Waals surface area contributed by atoms with E-state index in [1.807, 2.05) is 6.92 Å². The summed E-state index contributed by atoms with van der Waals surface area (Å²) in [5, 5.41) is 0. The summed E-state index contributed by atoms with van der Waals surface area (Å²) in [6.45, 7) is 2.04. The standard InChI is InChI=1S/C2H6S.2ClH.Zn/c1-2-3;;;/h3H,2H2,1H3;2*1H;/p-1. The summed E-state index contributed by atoms with van der Waals surface area (Å²) in [6, 6.07) is 0. The molecule has 0 aliphatic rings. The second kappa shape index (κ2) is 31.0. The normalized spacial score (nSPS) is 3.00. The van der Waals surface area contributed by atoms with Crippen molar-refractivity contribution in [1.29, 1.82) is 0 Å². The summed E-state index contributed by atoms with van der Waals surface area (Å²) in [4.78, 5) is 0. The van der Waals surface area contributed by atoms with Crippen molar-refractivity contribution in [2.75, 3.05) is 5.75 Å². The average Bonchev–Trinajstić information content (AvgIpc) is 0.918. The van der Waals surface area contributed by atoms with Gasteiger partial charge >= 0.3 is 0 Å². The molecule has 0 N–H and O–H groups in total. The Bertz CT molecular complexity index is 11.5. The van der Waals surface area contributed by atoms with Crippen molar-refractivity contribution < 1.29 is 44.3 Å². The van der Waals surface area contributed by atoms with Crippen LogP contribution in [-0.4, -0.2) is 5.75 Å². The number of hydrogen-bond acceptors (Lipinski definition) is 0. The Morgan fingerprint density at radius 3 is 1.33 bits per heavy atom. The third-order valence-electron chi connectivity index (χ3n) is 0. The van der Waals surface area contributed by atoms with Gasteiger partial charge in [-0.2, -0.15) is 0 Å². The molecule has 6 heavy (non-hydrogen) atoms. The topological polar surface area (TPSA) is 0 Å². The number of hydrogen-bond donors (Lipinski definition) is 0. The summed E-state index contributed by atoms with van der Waals surface area (Å²) < 4.78 is 0. The molecule has 0 bridgehead atoms. The van der Waals surface area contributed by atoms with Gasteiger partial charge in [-0.1, -0.05) is 0 Å². The van der Waals surface area contributed by atoms with Gasteiger partial charge in [0.2, 0.25) is 0 Å². The van der Waals surface area contributed by atoms with E-state index in [1.165, 1.54) is 0 Å². The molecule has 0 aliphatic heterocycles. The maximum absolute atomic E-state index is 3.18. The summed E-state index contributed by atoms with van der Waals surface area (Å²) in [7, 11) is 0. The predicted octanol–water partition coefficient (Wildman–Crippen LogP) is -5.98. The van der Waals surface area contributed by atoms with Gasteiger partial charge in [0.15, 0.2) is 0 Å². The number of halogens is 2. The number of rotatable bonds is 0. The molecule has 0 saturated carbocycles. The quantitative estimate of drug-likeness (QED) is 0.269. The van der Waals surface area contributed by atoms with Crippen molar-refractivity contribution in [3.05, 3.63) is 0 Å². The molecular weight excluding hydrogens is 192 g/mol. The Hall–Kier alpha value is 1.55. The largest absolute Gasteiger partial charge is 1.00 e. The first-order valence-corrected chi connectivity index (χ1v) is 1.77. The molecule has 38 valence electrons. The molecule has 0 nitrogen and oxygen atoms in total. The monoisotopic (exact) mass is 197 g/mol. The molecule has 0 aliphatic carbocycles. The molecule has 0 aromatic carbocycles. The van der Waals surface area contributed by atoms with Gasteiger partial charge in [-0.25, -0.2) is 0 Å². The SMILES string of the molecule is CC[SH2+].[Cl-].[Cl-].[Zn]. The van der Waals surface area contributed by atoms with Crippen molar-refractivity contribution >= 4 is 12.6 Å². The summed E-state index contributed by atoms with van der Waals surface area (Å²) in [6.07, 6.45) is 0. The van der Waals surface area contributed by atoms with Crippen LogP contribution in [0.5, 0.6) is 0 Å². The molecule has 0 saturated heterocycles. The zero-order chi connectivity index (χ0) is 2.71. The smallest absolute Gasteiger partial charge is 0.100 e. The van der Waals surface area contributed by atoms with Crippen LogP contribution in [0.25, 0.3) is 0 Å². The van der Waals surface area contributed by atoms with E-state index in [9.17, 15) is 0 Å². The third kappa shape index (κ3) is 47.7. The Labute approximate surface area is 69.4 Å². The van der Waals surface area contributed by atoms with E-state index in [2.05, 4.69) is 12.6 Å². The molecule has 0 rings (SSSR count). The van der Waals surface area contributed by atoms with Crippen molar-refractivity contribution in [3.63, 3.8) is 0 Å². The fourth-order valence-corrected chi connectivity index (χ4v) is 0. The molecule has 0 aromatic heterocycles. The van der Waals surface area contributed by atoms with Crippen LogP contribution >= 0.6 is 0 Å². The van der Waals surface area contributed by atoms with Crippen LogP contribution < -0.4 is 24.8 Å². The first kappa shape index (κ1) is 25.7. The zero-order valence-electron chi connectivity index (χ0n) is 3.67. The van der Waals surface area contributed by atoms with Crippen LogP contribution in [-0.2, 0) is 32.1 Å². The van der Waals surface area contributed by atoms with E-state index in [4.69, 9.17) is 0 Å². The Morgan fingerprint density at radius 1 is 1.33 bits per heavy atom. The second-order valence-electron chi connectivity index (χ2n) is 0.354. The fraction of sp³-hybridized carbons (Fsp3) is 1.00. The van der Waals surface area contributed by atoms with Gasteiger partial charge < -0.3 is 24.8 Å². The van der Waals surface area contributed by atoms with E-state index in [-0.39, 0.29) is 44.3 Å². The van der Waals surface area contributed by atoms with E-state index in [0.717, 1.165) is 5.75 Å². The van der Waals surface area contributed by atoms with Crippen molar-refractivity contribution in [3.8, 4) is 0 Å². The van der Waals surface area contributed by atoms with E-state index >= 15 is 0 Å². The van der Waals surface area contributed by atoms with E-state index in [1.54, 1.807) is 0 Å². The fourth-order valence-electron chi connectivity index (χ4n) is 0. The van der Waals surface area contributed by atoms with Gasteiger partial charge in [-0.05, 0) is 19.6 Å². The minimum atomic E-state index is 0. The van der Waals surface area contributed by atoms with Gasteiger partial charge in [0.25, 0.3) is 0 Å². The van der Waals surface area contributed by atoms with Gasteiger partial charge in [0.05, 0.1) is 0 Å². The maximum atomic E-state index is 3.18. The molecule has 0 amide bonds. The minimum Gasteiger partial charge on any atom is -1.00 e. The van der Waals surface area contributed by atoms with Gasteiger partial charge in [0.1, 0.15) is 5.75 Å². The van der Waals surface area contributed by atoms with E-state index in [0.29, 0.717) is 0 Å². The molecule has 0 radical (unpaired) electrons. The molecule has 0 atom stereocenters. The summed E-state index contributed by atoms with van der Waals surface area (Å²) in [5.74, 6) is 1.06. The van der Waals surface area contributed by atoms with Crippen LogP contribution in [0, 0.1) is 0 Å². The molecule has 4 heteroatoms. The molecule has 0 spiro atoms. The summed E-state index contributed by atoms with van der Waals surface area (Å²) in [5.41, 5.74) is 0. The molecule has 0 fully saturated rings. The first-order chi connectivity index (χ1) is 1.41. The first-order valence-electron chi connectivity index (χ1n) is 1.06. The van der Waals surface area contributed by atoms with Crippen molar-refractivity contribution in [1.82, 2.24) is 0 Å². The van der Waals surface area contributed by atoms with Crippen LogP contribution in [0.1, 0.15) is 6.92 Å². The van der Waals surface area contributed by atoms with E-state index < -0.39 is 0 Å². The van der Waals surface area contributed by atoms with Crippen LogP contribution in [0.2, 0.25) is 0 Å². The van der Waals surface area contributed by atoms with Crippen LogP contribution in [0.4, 0.5) is 0 Å². The van der Waals surface area contributed by atoms with Crippen LogP contribution in [0.15, 0.2) is 0 Å². The summed E-state index contributed by atoms with van der Waals surface area (Å²) >= 11 is 3.18. The third-order valence-corrected chi connectivity index (χ3v) is 0. The van der Waals surface area contributed by atoms with Gasteiger partial charge in [-0.15, -0.1) is 0 Å². The zero-order valence-corrected chi connectivity index (χ0v) is 9.15. The Balaban J connectivity index is -0.00000000667. The molecular formula is C2H7Cl2SZn-. The maximum Gasteiger partial charge on any atom is 0.100 e. The van der Waals surface area contributed by atoms with Gasteiger partial charge in [0, 0.05) is 19.5 Å². The Morgan fingerprint density at radius 2 is 1.33 bits per heavy atom.